The van der Waals surface area contributed by atoms with Gasteiger partial charge >= 0.3 is 23.3 Å². The highest BCUT2D eigenvalue weighted by Crippen LogP contribution is 2.42. The van der Waals surface area contributed by atoms with E-state index in [1.807, 2.05) is 0 Å². The van der Waals surface area contributed by atoms with Gasteiger partial charge in [0.1, 0.15) is 40.9 Å². The van der Waals surface area contributed by atoms with Crippen LogP contribution in [0.1, 0.15) is 78.6 Å². The number of carbonyl (C=O) groups excluding carboxylic acids is 2. The normalized spacial score (nSPS) is 16.3. The highest BCUT2D eigenvalue weighted by Gasteiger charge is 2.45. The number of anilines is 1. The SMILES string of the molecule is COC(=O)[C@H]1CN(C(=O)OC(C)(C)C)[C@H](C)CN1c1c([N+](=O)[O-])c(=O)n(-c2c(C(C)C)ncnc2C(C)C)c2nc(-c3c(F)cccc3OC)c(F)cc12. The van der Waals surface area contributed by atoms with Crippen molar-refractivity contribution in [2.75, 3.05) is 32.2 Å². The van der Waals surface area contributed by atoms with E-state index in [1.165, 1.54) is 35.4 Å². The zero-order chi connectivity index (χ0) is 40.0. The zero-order valence-corrected chi connectivity index (χ0v) is 31.8. The summed E-state index contributed by atoms with van der Waals surface area (Å²) in [6, 6.07) is 2.59. The van der Waals surface area contributed by atoms with Crippen LogP contribution in [0.2, 0.25) is 0 Å². The number of benzene rings is 1. The molecule has 1 amide bonds. The minimum absolute atomic E-state index is 0.0663. The van der Waals surface area contributed by atoms with Crippen LogP contribution < -0.4 is 15.2 Å². The third-order valence-electron chi connectivity index (χ3n) is 8.99. The predicted octanol–water partition coefficient (Wildman–Crippen LogP) is 6.27. The van der Waals surface area contributed by atoms with Crippen molar-refractivity contribution in [3.8, 4) is 22.7 Å². The van der Waals surface area contributed by atoms with Crippen molar-refractivity contribution in [3.63, 3.8) is 0 Å². The van der Waals surface area contributed by atoms with E-state index >= 15 is 8.78 Å². The Morgan fingerprint density at radius 2 is 1.63 bits per heavy atom. The number of nitrogens with zero attached hydrogens (tertiary/aromatic N) is 7. The first-order chi connectivity index (χ1) is 25.3. The van der Waals surface area contributed by atoms with Crippen LogP contribution in [0.3, 0.4) is 0 Å². The van der Waals surface area contributed by atoms with Gasteiger partial charge in [-0.3, -0.25) is 19.5 Å². The van der Waals surface area contributed by atoms with Crippen LogP contribution >= 0.6 is 0 Å². The average molecular weight is 752 g/mol. The van der Waals surface area contributed by atoms with Crippen molar-refractivity contribution >= 4 is 34.5 Å². The second kappa shape index (κ2) is 14.9. The first-order valence-electron chi connectivity index (χ1n) is 17.3. The average Bonchev–Trinajstić information content (AvgIpc) is 3.09. The molecular formula is C37H43F2N7O8. The molecule has 4 aromatic rings. The minimum atomic E-state index is -1.43. The third-order valence-corrected chi connectivity index (χ3v) is 8.99. The smallest absolute Gasteiger partial charge is 0.410 e. The number of carbonyl (C=O) groups is 2. The Morgan fingerprint density at radius 1 is 1.00 bits per heavy atom. The lowest BCUT2D eigenvalue weighted by Gasteiger charge is -2.44. The number of pyridine rings is 2. The first-order valence-corrected chi connectivity index (χ1v) is 17.3. The number of halogens is 2. The van der Waals surface area contributed by atoms with E-state index in [2.05, 4.69) is 15.0 Å². The van der Waals surface area contributed by atoms with Crippen molar-refractivity contribution in [2.45, 2.75) is 84.9 Å². The predicted molar refractivity (Wildman–Crippen MR) is 195 cm³/mol. The lowest BCUT2D eigenvalue weighted by Crippen LogP contribution is -2.62. The van der Waals surface area contributed by atoms with Gasteiger partial charge in [-0.1, -0.05) is 33.8 Å². The number of hydrogen-bond donors (Lipinski definition) is 0. The fraction of sp³-hybridized carbons (Fsp3) is 0.459. The van der Waals surface area contributed by atoms with Crippen LogP contribution in [-0.4, -0.2) is 86.4 Å². The number of hydrogen-bond acceptors (Lipinski definition) is 12. The van der Waals surface area contributed by atoms with Gasteiger partial charge in [0.15, 0.2) is 11.5 Å². The zero-order valence-electron chi connectivity index (χ0n) is 31.8. The van der Waals surface area contributed by atoms with E-state index in [-0.39, 0.29) is 53.0 Å². The van der Waals surface area contributed by atoms with Crippen molar-refractivity contribution in [1.29, 1.82) is 0 Å². The topological polar surface area (TPSA) is 172 Å². The molecule has 1 fully saturated rings. The first kappa shape index (κ1) is 39.5. The van der Waals surface area contributed by atoms with E-state index in [0.29, 0.717) is 11.4 Å². The highest BCUT2D eigenvalue weighted by atomic mass is 19.1. The van der Waals surface area contributed by atoms with Crippen LogP contribution in [0.25, 0.3) is 28.0 Å². The third kappa shape index (κ3) is 7.13. The number of esters is 1. The number of methoxy groups -OCH3 is 2. The molecule has 17 heteroatoms. The van der Waals surface area contributed by atoms with E-state index in [9.17, 15) is 24.5 Å². The molecule has 0 N–H and O–H groups in total. The Morgan fingerprint density at radius 3 is 2.17 bits per heavy atom. The molecule has 3 aromatic heterocycles. The molecule has 5 rings (SSSR count). The molecular weight excluding hydrogens is 708 g/mol. The van der Waals surface area contributed by atoms with Crippen LogP contribution in [0.4, 0.5) is 25.0 Å². The molecule has 1 saturated heterocycles. The summed E-state index contributed by atoms with van der Waals surface area (Å²) in [6.45, 7) is 13.3. The van der Waals surface area contributed by atoms with E-state index < -0.39 is 68.9 Å². The van der Waals surface area contributed by atoms with Crippen molar-refractivity contribution < 1.29 is 37.5 Å². The maximum atomic E-state index is 16.6. The number of ether oxygens (including phenoxy) is 3. The van der Waals surface area contributed by atoms with Gasteiger partial charge in [-0.25, -0.2) is 33.3 Å². The molecule has 0 spiro atoms. The molecule has 15 nitrogen and oxygen atoms in total. The summed E-state index contributed by atoms with van der Waals surface area (Å²) >= 11 is 0. The molecule has 0 saturated carbocycles. The maximum absolute atomic E-state index is 16.6. The van der Waals surface area contributed by atoms with Crippen molar-refractivity contribution in [2.24, 2.45) is 0 Å². The van der Waals surface area contributed by atoms with Gasteiger partial charge in [0.25, 0.3) is 0 Å². The van der Waals surface area contributed by atoms with E-state index in [0.717, 1.165) is 23.8 Å². The van der Waals surface area contributed by atoms with Gasteiger partial charge in [-0.2, -0.15) is 0 Å². The second-order valence-electron chi connectivity index (χ2n) is 14.6. The van der Waals surface area contributed by atoms with Gasteiger partial charge in [-0.05, 0) is 57.7 Å². The molecule has 1 aliphatic rings. The molecule has 0 unspecified atom stereocenters. The monoisotopic (exact) mass is 751 g/mol. The fourth-order valence-electron chi connectivity index (χ4n) is 6.61. The Labute approximate surface area is 310 Å². The van der Waals surface area contributed by atoms with Crippen LogP contribution in [0, 0.1) is 21.7 Å². The number of aromatic nitrogens is 4. The summed E-state index contributed by atoms with van der Waals surface area (Å²) < 4.78 is 49.1. The summed E-state index contributed by atoms with van der Waals surface area (Å²) in [5, 5.41) is 12.9. The molecule has 0 bridgehead atoms. The maximum Gasteiger partial charge on any atom is 0.410 e. The quantitative estimate of drug-likeness (QED) is 0.112. The Hall–Kier alpha value is -5.74. The molecule has 0 radical (unpaired) electrons. The van der Waals surface area contributed by atoms with Crippen molar-refractivity contribution in [3.05, 3.63) is 74.1 Å². The highest BCUT2D eigenvalue weighted by molar-refractivity contribution is 5.99. The summed E-state index contributed by atoms with van der Waals surface area (Å²) in [5.41, 5.74) is -4.01. The Bertz CT molecular complexity index is 2180. The lowest BCUT2D eigenvalue weighted by molar-refractivity contribution is -0.385. The number of rotatable bonds is 8. The standard InChI is InChI=1S/C37H43F2N7O8/c1-18(2)27-31(28(19(3)4)41-17-40-27)45-33-21(14-23(39)29(42-33)26-22(38)12-11-13-25(26)52-9)30(32(34(45)47)46(50)51)44-15-20(5)43(16-24(44)35(48)53-10)36(49)54-37(6,7)8/h11-14,17-20,24H,15-16H2,1-10H3/t20-,24-/m1/s1. The number of amides is 1. The number of nitro groups is 1. The summed E-state index contributed by atoms with van der Waals surface area (Å²) in [7, 11) is 2.37. The van der Waals surface area contributed by atoms with Gasteiger partial charge in [0.2, 0.25) is 0 Å². The van der Waals surface area contributed by atoms with Gasteiger partial charge in [-0.15, -0.1) is 0 Å². The molecule has 4 heterocycles. The van der Waals surface area contributed by atoms with Gasteiger partial charge in [0, 0.05) is 12.6 Å². The van der Waals surface area contributed by atoms with Crippen LogP contribution in [0.15, 0.2) is 35.4 Å². The number of piperazine rings is 1. The molecule has 0 aliphatic carbocycles. The van der Waals surface area contributed by atoms with Gasteiger partial charge < -0.3 is 24.0 Å². The van der Waals surface area contributed by atoms with Crippen LogP contribution in [-0.2, 0) is 14.3 Å². The molecule has 1 aromatic carbocycles. The number of fused-ring (bicyclic) bond motifs is 1. The summed E-state index contributed by atoms with van der Waals surface area (Å²) in [6.07, 6.45) is 0.570. The van der Waals surface area contributed by atoms with Crippen LogP contribution in [0.5, 0.6) is 5.75 Å². The second-order valence-corrected chi connectivity index (χ2v) is 14.6. The largest absolute Gasteiger partial charge is 0.496 e. The fourth-order valence-corrected chi connectivity index (χ4v) is 6.61. The minimum Gasteiger partial charge on any atom is -0.496 e. The molecule has 288 valence electrons. The van der Waals surface area contributed by atoms with Gasteiger partial charge in [0.05, 0.1) is 53.7 Å². The Balaban J connectivity index is 1.97. The summed E-state index contributed by atoms with van der Waals surface area (Å²) in [5.74, 6) is -3.66. The van der Waals surface area contributed by atoms with E-state index in [4.69, 9.17) is 14.2 Å². The molecule has 54 heavy (non-hydrogen) atoms. The Kier molecular flexibility index (Phi) is 10.9. The van der Waals surface area contributed by atoms with Crippen molar-refractivity contribution in [1.82, 2.24) is 24.4 Å². The summed E-state index contributed by atoms with van der Waals surface area (Å²) in [4.78, 5) is 69.9. The molecule has 1 aliphatic heterocycles. The molecule has 2 atom stereocenters. The lowest BCUT2D eigenvalue weighted by atomic mass is 10.00. The van der Waals surface area contributed by atoms with E-state index in [1.54, 1.807) is 55.4 Å².